The van der Waals surface area contributed by atoms with Crippen molar-refractivity contribution in [3.05, 3.63) is 65.5 Å². The molecule has 2 aromatic rings. The Hall–Kier alpha value is -2.69. The third kappa shape index (κ3) is 2.35. The predicted octanol–water partition coefficient (Wildman–Crippen LogP) is 2.14. The molecule has 0 fully saturated rings. The molecule has 0 saturated heterocycles. The fraction of sp³-hybridized carbons (Fsp3) is 0.176. The summed E-state index contributed by atoms with van der Waals surface area (Å²) >= 11 is 0. The molecule has 1 heterocycles. The molecule has 4 nitrogen and oxygen atoms in total. The van der Waals surface area contributed by atoms with Crippen molar-refractivity contribution in [2.24, 2.45) is 0 Å². The number of halogens is 1. The zero-order valence-corrected chi connectivity index (χ0v) is 12.0. The summed E-state index contributed by atoms with van der Waals surface area (Å²) in [6.07, 6.45) is 0.475. The van der Waals surface area contributed by atoms with Crippen molar-refractivity contribution >= 4 is 17.5 Å². The average molecular weight is 298 g/mol. The number of carbonyl (C=O) groups excluding carboxylic acids is 2. The van der Waals surface area contributed by atoms with Gasteiger partial charge in [-0.25, -0.2) is 4.39 Å². The van der Waals surface area contributed by atoms with E-state index in [-0.39, 0.29) is 11.8 Å². The second-order valence-electron chi connectivity index (χ2n) is 5.14. The molecule has 0 aromatic heterocycles. The van der Waals surface area contributed by atoms with Crippen molar-refractivity contribution in [3.8, 4) is 0 Å². The summed E-state index contributed by atoms with van der Waals surface area (Å²) in [5.41, 5.74) is 2.03. The Morgan fingerprint density at radius 2 is 1.82 bits per heavy atom. The highest BCUT2D eigenvalue weighted by Gasteiger charge is 2.38. The molecule has 2 amide bonds. The molecule has 1 aliphatic rings. The number of likely N-dealkylation sites (N-methyl/N-ethyl adjacent to an activating group) is 1. The Balaban J connectivity index is 2.02. The number of benzene rings is 2. The number of nitrogens with one attached hydrogen (secondary N) is 1. The standard InChI is InChI=1S/C17H15FN2O2/c1-19-16(21)15-10-12-4-2-3-5-14(12)20(15)17(22)11-6-8-13(18)9-7-11/h2-9,15H,10H2,1H3,(H,19,21). The summed E-state index contributed by atoms with van der Waals surface area (Å²) in [6, 6.07) is 12.2. The van der Waals surface area contributed by atoms with Gasteiger partial charge in [0.25, 0.3) is 5.91 Å². The first-order valence-electron chi connectivity index (χ1n) is 7.00. The van der Waals surface area contributed by atoms with Crippen LogP contribution < -0.4 is 10.2 Å². The first-order chi connectivity index (χ1) is 10.6. The maximum atomic E-state index is 13.0. The first-order valence-corrected chi connectivity index (χ1v) is 7.00. The van der Waals surface area contributed by atoms with E-state index < -0.39 is 11.9 Å². The summed E-state index contributed by atoms with van der Waals surface area (Å²) in [4.78, 5) is 26.4. The monoisotopic (exact) mass is 298 g/mol. The number of rotatable bonds is 2. The molecule has 5 heteroatoms. The Morgan fingerprint density at radius 1 is 1.14 bits per heavy atom. The maximum Gasteiger partial charge on any atom is 0.259 e. The van der Waals surface area contributed by atoms with Crippen molar-refractivity contribution in [2.75, 3.05) is 11.9 Å². The number of anilines is 1. The van der Waals surface area contributed by atoms with Gasteiger partial charge < -0.3 is 5.32 Å². The minimum Gasteiger partial charge on any atom is -0.357 e. The van der Waals surface area contributed by atoms with Gasteiger partial charge >= 0.3 is 0 Å². The van der Waals surface area contributed by atoms with Crippen LogP contribution in [0.5, 0.6) is 0 Å². The molecule has 0 saturated carbocycles. The van der Waals surface area contributed by atoms with E-state index in [1.807, 2.05) is 24.3 Å². The van der Waals surface area contributed by atoms with Gasteiger partial charge in [0.05, 0.1) is 0 Å². The van der Waals surface area contributed by atoms with Gasteiger partial charge in [-0.1, -0.05) is 18.2 Å². The highest BCUT2D eigenvalue weighted by molar-refractivity contribution is 6.11. The third-order valence-corrected chi connectivity index (χ3v) is 3.84. The van der Waals surface area contributed by atoms with E-state index in [1.54, 1.807) is 7.05 Å². The Morgan fingerprint density at radius 3 is 2.50 bits per heavy atom. The summed E-state index contributed by atoms with van der Waals surface area (Å²) in [6.45, 7) is 0. The molecule has 1 aliphatic heterocycles. The molecule has 0 aliphatic carbocycles. The van der Waals surface area contributed by atoms with Crippen molar-refractivity contribution in [1.29, 1.82) is 0 Å². The van der Waals surface area contributed by atoms with Gasteiger partial charge in [-0.2, -0.15) is 0 Å². The maximum absolute atomic E-state index is 13.0. The summed E-state index contributed by atoms with van der Waals surface area (Å²) < 4.78 is 13.0. The number of hydrogen-bond donors (Lipinski definition) is 1. The van der Waals surface area contributed by atoms with Crippen molar-refractivity contribution in [1.82, 2.24) is 5.32 Å². The van der Waals surface area contributed by atoms with Crippen LogP contribution in [0, 0.1) is 5.82 Å². The van der Waals surface area contributed by atoms with Crippen LogP contribution >= 0.6 is 0 Å². The van der Waals surface area contributed by atoms with E-state index in [9.17, 15) is 14.0 Å². The van der Waals surface area contributed by atoms with Crippen LogP contribution in [0.4, 0.5) is 10.1 Å². The minimum atomic E-state index is -0.583. The second-order valence-corrected chi connectivity index (χ2v) is 5.14. The summed E-state index contributed by atoms with van der Waals surface area (Å²) in [5, 5.41) is 2.59. The molecule has 1 atom stereocenters. The number of para-hydroxylation sites is 1. The largest absolute Gasteiger partial charge is 0.357 e. The molecule has 22 heavy (non-hydrogen) atoms. The molecule has 0 spiro atoms. The molecule has 1 N–H and O–H groups in total. The quantitative estimate of drug-likeness (QED) is 0.923. The van der Waals surface area contributed by atoms with Crippen molar-refractivity contribution in [2.45, 2.75) is 12.5 Å². The van der Waals surface area contributed by atoms with E-state index in [2.05, 4.69) is 5.32 Å². The smallest absolute Gasteiger partial charge is 0.259 e. The van der Waals surface area contributed by atoms with Gasteiger partial charge in [0, 0.05) is 24.7 Å². The van der Waals surface area contributed by atoms with Gasteiger partial charge in [0.1, 0.15) is 11.9 Å². The Kier molecular flexibility index (Phi) is 3.63. The minimum absolute atomic E-state index is 0.216. The molecule has 0 radical (unpaired) electrons. The zero-order chi connectivity index (χ0) is 15.7. The lowest BCUT2D eigenvalue weighted by atomic mass is 10.1. The van der Waals surface area contributed by atoms with E-state index in [0.29, 0.717) is 12.0 Å². The Bertz CT molecular complexity index is 728. The van der Waals surface area contributed by atoms with Crippen LogP contribution in [0.3, 0.4) is 0 Å². The van der Waals surface area contributed by atoms with E-state index in [0.717, 1.165) is 11.3 Å². The average Bonchev–Trinajstić information content (AvgIpc) is 2.93. The first kappa shape index (κ1) is 14.3. The summed E-state index contributed by atoms with van der Waals surface area (Å²) in [7, 11) is 1.55. The number of carbonyl (C=O) groups is 2. The molecule has 112 valence electrons. The van der Waals surface area contributed by atoms with E-state index >= 15 is 0 Å². The molecular formula is C17H15FN2O2. The van der Waals surface area contributed by atoms with Crippen LogP contribution in [-0.4, -0.2) is 24.9 Å². The zero-order valence-electron chi connectivity index (χ0n) is 12.0. The molecule has 2 aromatic carbocycles. The number of amides is 2. The SMILES string of the molecule is CNC(=O)C1Cc2ccccc2N1C(=O)c1ccc(F)cc1. The van der Waals surface area contributed by atoms with Gasteiger partial charge in [0.2, 0.25) is 5.91 Å². The van der Waals surface area contributed by atoms with Crippen molar-refractivity contribution < 1.29 is 14.0 Å². The van der Waals surface area contributed by atoms with E-state index in [4.69, 9.17) is 0 Å². The molecule has 3 rings (SSSR count). The fourth-order valence-corrected chi connectivity index (χ4v) is 2.74. The van der Waals surface area contributed by atoms with Crippen LogP contribution in [0.2, 0.25) is 0 Å². The third-order valence-electron chi connectivity index (χ3n) is 3.84. The van der Waals surface area contributed by atoms with Crippen LogP contribution in [-0.2, 0) is 11.2 Å². The molecule has 0 bridgehead atoms. The number of nitrogens with zero attached hydrogens (tertiary/aromatic N) is 1. The lowest BCUT2D eigenvalue weighted by Gasteiger charge is -2.24. The lowest BCUT2D eigenvalue weighted by molar-refractivity contribution is -0.121. The highest BCUT2D eigenvalue weighted by atomic mass is 19.1. The fourth-order valence-electron chi connectivity index (χ4n) is 2.74. The van der Waals surface area contributed by atoms with Gasteiger partial charge in [0.15, 0.2) is 0 Å². The lowest BCUT2D eigenvalue weighted by Crippen LogP contribution is -2.47. The van der Waals surface area contributed by atoms with Crippen molar-refractivity contribution in [3.63, 3.8) is 0 Å². The molecular weight excluding hydrogens is 283 g/mol. The highest BCUT2D eigenvalue weighted by Crippen LogP contribution is 2.33. The van der Waals surface area contributed by atoms with Gasteiger partial charge in [-0.15, -0.1) is 0 Å². The number of hydrogen-bond acceptors (Lipinski definition) is 2. The normalized spacial score (nSPS) is 16.3. The number of fused-ring (bicyclic) bond motifs is 1. The predicted molar refractivity (Wildman–Crippen MR) is 81.2 cm³/mol. The molecule has 1 unspecified atom stereocenters. The van der Waals surface area contributed by atoms with Crippen LogP contribution in [0.25, 0.3) is 0 Å². The van der Waals surface area contributed by atoms with E-state index in [1.165, 1.54) is 29.2 Å². The van der Waals surface area contributed by atoms with Crippen LogP contribution in [0.15, 0.2) is 48.5 Å². The van der Waals surface area contributed by atoms with Gasteiger partial charge in [-0.05, 0) is 35.9 Å². The second kappa shape index (κ2) is 5.60. The van der Waals surface area contributed by atoms with Crippen LogP contribution in [0.1, 0.15) is 15.9 Å². The summed E-state index contributed by atoms with van der Waals surface area (Å²) in [5.74, 6) is -0.925. The Labute approximate surface area is 127 Å². The topological polar surface area (TPSA) is 49.4 Å². The van der Waals surface area contributed by atoms with Gasteiger partial charge in [-0.3, -0.25) is 14.5 Å².